The van der Waals surface area contributed by atoms with Crippen LogP contribution in [-0.4, -0.2) is 42.0 Å². The highest BCUT2D eigenvalue weighted by atomic mass is 19.4. The molecule has 0 aromatic heterocycles. The van der Waals surface area contributed by atoms with Crippen LogP contribution in [0.25, 0.3) is 0 Å². The fraction of sp³-hybridized carbons (Fsp3) is 0.857. The van der Waals surface area contributed by atoms with Gasteiger partial charge in [0.15, 0.2) is 0 Å². The third-order valence-corrected chi connectivity index (χ3v) is 2.34. The van der Waals surface area contributed by atoms with Crippen molar-refractivity contribution in [3.63, 3.8) is 0 Å². The van der Waals surface area contributed by atoms with E-state index < -0.39 is 25.4 Å². The van der Waals surface area contributed by atoms with Crippen molar-refractivity contribution in [3.05, 3.63) is 0 Å². The second-order valence-corrected chi connectivity index (χ2v) is 3.56. The number of halogens is 3. The van der Waals surface area contributed by atoms with Crippen LogP contribution in [0.15, 0.2) is 0 Å². The largest absolute Gasteiger partial charge is 0.492 e. The zero-order valence-corrected chi connectivity index (χ0v) is 7.63. The summed E-state index contributed by atoms with van der Waals surface area (Å²) in [6.07, 6.45) is 0.604. The van der Waals surface area contributed by atoms with Crippen molar-refractivity contribution >= 4 is 12.9 Å². The molecule has 14 heavy (non-hydrogen) atoms. The molecule has 0 aromatic rings. The number of rotatable bonds is 3. The van der Waals surface area contributed by atoms with Gasteiger partial charge in [-0.05, 0) is 25.8 Å². The summed E-state index contributed by atoms with van der Waals surface area (Å²) in [6, 6.07) is -0.952. The van der Waals surface area contributed by atoms with Crippen LogP contribution in [0.2, 0.25) is 0 Å². The minimum Gasteiger partial charge on any atom is -0.480 e. The molecule has 1 N–H and O–H groups in total. The van der Waals surface area contributed by atoms with E-state index in [1.165, 1.54) is 0 Å². The number of hydrogen-bond acceptors (Lipinski definition) is 2. The van der Waals surface area contributed by atoms with Crippen molar-refractivity contribution in [2.24, 2.45) is 0 Å². The molecule has 82 valence electrons. The Balaban J connectivity index is 2.59. The number of likely N-dealkylation sites (tertiary alicyclic amines) is 1. The van der Waals surface area contributed by atoms with Crippen molar-refractivity contribution in [3.8, 4) is 0 Å². The number of piperidine rings is 1. The Morgan fingerprint density at radius 1 is 1.43 bits per heavy atom. The molecule has 1 aliphatic rings. The second-order valence-electron chi connectivity index (χ2n) is 3.56. The zero-order valence-electron chi connectivity index (χ0n) is 7.63. The molecule has 0 aromatic carbocycles. The van der Waals surface area contributed by atoms with Gasteiger partial charge in [0.25, 0.3) is 0 Å². The summed E-state index contributed by atoms with van der Waals surface area (Å²) in [6.45, 7) is -4.69. The predicted molar refractivity (Wildman–Crippen MR) is 45.9 cm³/mol. The SMILES string of the molecule is O=C(O)C1CCCCN1C[B-](F)(F)F. The van der Waals surface area contributed by atoms with Crippen LogP contribution in [-0.2, 0) is 4.79 Å². The first kappa shape index (κ1) is 11.4. The summed E-state index contributed by atoms with van der Waals surface area (Å²) in [5, 5.41) is 8.70. The van der Waals surface area contributed by atoms with Crippen LogP contribution >= 0.6 is 0 Å². The fourth-order valence-corrected chi connectivity index (χ4v) is 1.76. The molecular weight excluding hydrogens is 198 g/mol. The van der Waals surface area contributed by atoms with E-state index in [1.807, 2.05) is 0 Å². The number of carboxylic acid groups (broad SMARTS) is 1. The van der Waals surface area contributed by atoms with Crippen molar-refractivity contribution in [2.75, 3.05) is 13.0 Å². The monoisotopic (exact) mass is 210 g/mol. The number of hydrogen-bond donors (Lipinski definition) is 1. The van der Waals surface area contributed by atoms with Crippen molar-refractivity contribution in [1.82, 2.24) is 4.90 Å². The molecule has 0 spiro atoms. The number of nitrogens with zero attached hydrogens (tertiary/aromatic N) is 1. The van der Waals surface area contributed by atoms with Gasteiger partial charge in [0.2, 0.25) is 0 Å². The predicted octanol–water partition coefficient (Wildman–Crippen LogP) is 1.31. The van der Waals surface area contributed by atoms with E-state index in [-0.39, 0.29) is 6.54 Å². The van der Waals surface area contributed by atoms with E-state index in [9.17, 15) is 17.7 Å². The summed E-state index contributed by atoms with van der Waals surface area (Å²) in [7, 11) is 0. The highest BCUT2D eigenvalue weighted by molar-refractivity contribution is 6.58. The van der Waals surface area contributed by atoms with Crippen LogP contribution in [0.1, 0.15) is 19.3 Å². The molecule has 1 saturated heterocycles. The average molecular weight is 210 g/mol. The van der Waals surface area contributed by atoms with Gasteiger partial charge in [0.1, 0.15) is 6.04 Å². The minimum atomic E-state index is -4.92. The Morgan fingerprint density at radius 3 is 2.57 bits per heavy atom. The molecule has 1 heterocycles. The number of carboxylic acids is 1. The van der Waals surface area contributed by atoms with Crippen LogP contribution in [0.4, 0.5) is 12.9 Å². The van der Waals surface area contributed by atoms with Crippen molar-refractivity contribution < 1.29 is 22.8 Å². The highest BCUT2D eigenvalue weighted by Crippen LogP contribution is 2.20. The molecular formula is C7H12BF3NO2-. The van der Waals surface area contributed by atoms with Gasteiger partial charge in [-0.25, -0.2) is 0 Å². The summed E-state index contributed by atoms with van der Waals surface area (Å²) >= 11 is 0. The lowest BCUT2D eigenvalue weighted by molar-refractivity contribution is -0.144. The first-order valence-electron chi connectivity index (χ1n) is 4.58. The maximum absolute atomic E-state index is 12.1. The Bertz CT molecular complexity index is 221. The molecule has 0 aliphatic carbocycles. The smallest absolute Gasteiger partial charge is 0.480 e. The van der Waals surface area contributed by atoms with E-state index in [1.54, 1.807) is 0 Å². The highest BCUT2D eigenvalue weighted by Gasteiger charge is 2.34. The average Bonchev–Trinajstić information content (AvgIpc) is 2.01. The summed E-state index contributed by atoms with van der Waals surface area (Å²) in [5.41, 5.74) is 0. The van der Waals surface area contributed by atoms with Crippen LogP contribution < -0.4 is 0 Å². The molecule has 0 bridgehead atoms. The molecule has 1 fully saturated rings. The van der Waals surface area contributed by atoms with Gasteiger partial charge >= 0.3 is 12.9 Å². The summed E-state index contributed by atoms with van der Waals surface area (Å²) in [4.78, 5) is 11.7. The van der Waals surface area contributed by atoms with Gasteiger partial charge < -0.3 is 23.0 Å². The van der Waals surface area contributed by atoms with Gasteiger partial charge in [-0.1, -0.05) is 6.42 Å². The third-order valence-electron chi connectivity index (χ3n) is 2.34. The topological polar surface area (TPSA) is 40.5 Å². The number of carbonyl (C=O) groups is 1. The summed E-state index contributed by atoms with van der Waals surface area (Å²) in [5.74, 6) is -1.15. The first-order chi connectivity index (χ1) is 6.40. The van der Waals surface area contributed by atoms with Gasteiger partial charge in [-0.15, -0.1) is 0 Å². The number of aliphatic carboxylic acids is 1. The Kier molecular flexibility index (Phi) is 3.41. The molecule has 3 nitrogen and oxygen atoms in total. The van der Waals surface area contributed by atoms with Crippen molar-refractivity contribution in [1.29, 1.82) is 0 Å². The van der Waals surface area contributed by atoms with E-state index in [0.717, 1.165) is 4.90 Å². The van der Waals surface area contributed by atoms with E-state index in [2.05, 4.69) is 0 Å². The molecule has 0 amide bonds. The van der Waals surface area contributed by atoms with Crippen LogP contribution in [0, 0.1) is 0 Å². The lowest BCUT2D eigenvalue weighted by Gasteiger charge is -2.36. The third kappa shape index (κ3) is 3.21. The Morgan fingerprint density at radius 2 is 2.07 bits per heavy atom. The van der Waals surface area contributed by atoms with Crippen molar-refractivity contribution in [2.45, 2.75) is 25.3 Å². The van der Waals surface area contributed by atoms with Gasteiger partial charge in [0, 0.05) is 0 Å². The molecule has 0 saturated carbocycles. The maximum Gasteiger partial charge on any atom is 0.492 e. The van der Waals surface area contributed by atoms with Gasteiger partial charge in [0.05, 0.1) is 0 Å². The Labute approximate surface area is 79.9 Å². The first-order valence-corrected chi connectivity index (χ1v) is 4.58. The second kappa shape index (κ2) is 4.21. The molecule has 1 atom stereocenters. The lowest BCUT2D eigenvalue weighted by Crippen LogP contribution is -2.50. The molecule has 1 rings (SSSR count). The van der Waals surface area contributed by atoms with Crippen LogP contribution in [0.5, 0.6) is 0 Å². The minimum absolute atomic E-state index is 0.234. The van der Waals surface area contributed by atoms with Gasteiger partial charge in [-0.3, -0.25) is 4.79 Å². The molecule has 1 unspecified atom stereocenters. The van der Waals surface area contributed by atoms with E-state index >= 15 is 0 Å². The molecule has 1 aliphatic heterocycles. The van der Waals surface area contributed by atoms with Crippen LogP contribution in [0.3, 0.4) is 0 Å². The van der Waals surface area contributed by atoms with Gasteiger partial charge in [-0.2, -0.15) is 0 Å². The quantitative estimate of drug-likeness (QED) is 0.714. The normalized spacial score (nSPS) is 24.9. The fourth-order valence-electron chi connectivity index (χ4n) is 1.76. The Hall–Kier alpha value is -0.715. The lowest BCUT2D eigenvalue weighted by atomic mass is 9.88. The molecule has 0 radical (unpaired) electrons. The maximum atomic E-state index is 12.1. The van der Waals surface area contributed by atoms with E-state index in [0.29, 0.717) is 19.3 Å². The standard InChI is InChI=1S/C7H12BF3NO2/c9-8(10,11)5-12-4-2-1-3-6(12)7(13)14/h6H,1-5H2,(H,13,14)/q-1. The molecule has 7 heteroatoms. The summed E-state index contributed by atoms with van der Waals surface area (Å²) < 4.78 is 36.3. The zero-order chi connectivity index (χ0) is 10.8. The van der Waals surface area contributed by atoms with E-state index in [4.69, 9.17) is 5.11 Å².